The number of phosphoric ester groups is 1. The second-order valence-corrected chi connectivity index (χ2v) is 19.9. The molecule has 0 rings (SSSR count). The number of phosphoric acid groups is 1. The predicted octanol–water partition coefficient (Wildman–Crippen LogP) is 14.7. The molecule has 370 valence electrons. The smallest absolute Gasteiger partial charge is 0.268 e. The number of likely N-dealkylation sites (N-methyl/N-ethyl adjacent to an activating group) is 1. The highest BCUT2D eigenvalue weighted by atomic mass is 31.2. The third-order valence-corrected chi connectivity index (χ3v) is 12.0. The number of hydrogen-bond acceptors (Lipinski definition) is 6. The van der Waals surface area contributed by atoms with Crippen LogP contribution in [0.4, 0.5) is 0 Å². The number of aliphatic hydroxyl groups excluding tert-OH is 1. The third-order valence-electron chi connectivity index (χ3n) is 11.1. The normalized spacial score (nSPS) is 14.8. The predicted molar refractivity (Wildman–Crippen MR) is 274 cm³/mol. The highest BCUT2D eigenvalue weighted by Crippen LogP contribution is 2.38. The number of rotatable bonds is 46. The molecule has 0 aliphatic heterocycles. The van der Waals surface area contributed by atoms with Crippen molar-refractivity contribution in [1.29, 1.82) is 0 Å². The molecule has 3 atom stereocenters. The van der Waals surface area contributed by atoms with Crippen molar-refractivity contribution in [3.63, 3.8) is 0 Å². The molecule has 0 fully saturated rings. The van der Waals surface area contributed by atoms with E-state index in [1.165, 1.54) is 116 Å². The Hall–Kier alpha value is -2.32. The molecule has 8 nitrogen and oxygen atoms in total. The zero-order valence-corrected chi connectivity index (χ0v) is 42.8. The van der Waals surface area contributed by atoms with Gasteiger partial charge >= 0.3 is 0 Å². The van der Waals surface area contributed by atoms with Crippen molar-refractivity contribution in [2.24, 2.45) is 0 Å². The number of carbonyl (C=O) groups is 1. The Kier molecular flexibility index (Phi) is 44.2. The quantitative estimate of drug-likeness (QED) is 0.0273. The lowest BCUT2D eigenvalue weighted by Gasteiger charge is -2.29. The van der Waals surface area contributed by atoms with Gasteiger partial charge in [0, 0.05) is 6.42 Å². The maximum Gasteiger partial charge on any atom is 0.268 e. The van der Waals surface area contributed by atoms with Gasteiger partial charge < -0.3 is 28.8 Å². The molecule has 1 amide bonds. The van der Waals surface area contributed by atoms with Gasteiger partial charge in [-0.1, -0.05) is 202 Å². The average molecular weight is 915 g/mol. The Morgan fingerprint density at radius 3 is 1.45 bits per heavy atom. The van der Waals surface area contributed by atoms with E-state index >= 15 is 0 Å². The van der Waals surface area contributed by atoms with Gasteiger partial charge in [-0.3, -0.25) is 9.36 Å². The molecule has 3 unspecified atom stereocenters. The first-order valence-corrected chi connectivity index (χ1v) is 27.4. The molecule has 2 N–H and O–H groups in total. The van der Waals surface area contributed by atoms with Crippen molar-refractivity contribution >= 4 is 13.7 Å². The average Bonchev–Trinajstić information content (AvgIpc) is 3.25. The lowest BCUT2D eigenvalue weighted by molar-refractivity contribution is -0.870. The minimum absolute atomic E-state index is 0.0122. The monoisotopic (exact) mass is 915 g/mol. The second-order valence-electron chi connectivity index (χ2n) is 18.5. The number of aliphatic hydroxyl groups is 1. The van der Waals surface area contributed by atoms with E-state index in [-0.39, 0.29) is 12.5 Å². The molecule has 0 radical (unpaired) electrons. The number of quaternary nitrogens is 1. The fourth-order valence-electron chi connectivity index (χ4n) is 7.00. The number of allylic oxidation sites excluding steroid dienone is 13. The van der Waals surface area contributed by atoms with E-state index < -0.39 is 26.6 Å². The van der Waals surface area contributed by atoms with Crippen LogP contribution in [0, 0.1) is 0 Å². The number of hydrogen-bond donors (Lipinski definition) is 2. The first kappa shape index (κ1) is 61.7. The van der Waals surface area contributed by atoms with Gasteiger partial charge in [0.1, 0.15) is 13.2 Å². The van der Waals surface area contributed by atoms with Gasteiger partial charge in [-0.15, -0.1) is 0 Å². The second kappa shape index (κ2) is 45.8. The summed E-state index contributed by atoms with van der Waals surface area (Å²) >= 11 is 0. The summed E-state index contributed by atoms with van der Waals surface area (Å²) in [6.07, 6.45) is 63.6. The molecular weight excluding hydrogens is 816 g/mol. The number of nitrogens with one attached hydrogen (secondary N) is 1. The fraction of sp³-hybridized carbons (Fsp3) is 0.727. The number of amides is 1. The summed E-state index contributed by atoms with van der Waals surface area (Å²) in [4.78, 5) is 25.4. The van der Waals surface area contributed by atoms with Crippen LogP contribution in [0.3, 0.4) is 0 Å². The first-order valence-electron chi connectivity index (χ1n) is 25.9. The SMILES string of the molecule is CC/C=C\C/C=C\C/C=C\C/C=C\CCCCCCCCCCCCCCCCC(=O)NC(COP(=O)([O-])OCC[N+](C)(C)C)C(O)/C=C/CC/C=C/CC/C=C/CCCCCCC. The van der Waals surface area contributed by atoms with Crippen LogP contribution in [0.2, 0.25) is 0 Å². The summed E-state index contributed by atoms with van der Waals surface area (Å²) in [5.41, 5.74) is 0. The Morgan fingerprint density at radius 2 is 0.969 bits per heavy atom. The van der Waals surface area contributed by atoms with Gasteiger partial charge in [-0.05, 0) is 83.5 Å². The third kappa shape index (κ3) is 47.6. The van der Waals surface area contributed by atoms with E-state index in [1.54, 1.807) is 6.08 Å². The highest BCUT2D eigenvalue weighted by Gasteiger charge is 2.23. The minimum Gasteiger partial charge on any atom is -0.756 e. The Bertz CT molecular complexity index is 1310. The van der Waals surface area contributed by atoms with Crippen molar-refractivity contribution in [2.75, 3.05) is 40.9 Å². The minimum atomic E-state index is -4.61. The standard InChI is InChI=1S/C55H99N2O6P/c1-6-8-10-12-14-16-18-20-22-23-24-25-26-27-28-29-30-31-32-33-35-37-39-41-43-45-47-49-55(59)56-53(52-63-64(60,61)62-51-50-57(3,4)5)54(58)48-46-44-42-40-38-36-34-21-19-17-15-13-11-9-7-2/h8,10,14,16,19-22,24-25,38,40,46,48,53-54,58H,6-7,9,11-13,15,17-18,23,26-37,39,41-45,47,49-52H2,1-5H3,(H-,56,59,60,61)/b10-8-,16-14-,21-19+,22-20-,25-24-,40-38+,48-46+. The van der Waals surface area contributed by atoms with Gasteiger partial charge in [-0.2, -0.15) is 0 Å². The largest absolute Gasteiger partial charge is 0.756 e. The zero-order chi connectivity index (χ0) is 47.1. The van der Waals surface area contributed by atoms with E-state index in [2.05, 4.69) is 92.1 Å². The van der Waals surface area contributed by atoms with E-state index in [0.29, 0.717) is 17.4 Å². The molecule has 9 heteroatoms. The molecule has 0 aliphatic rings. The lowest BCUT2D eigenvalue weighted by Crippen LogP contribution is -2.45. The Morgan fingerprint density at radius 1 is 0.562 bits per heavy atom. The van der Waals surface area contributed by atoms with Crippen LogP contribution >= 0.6 is 7.82 Å². The van der Waals surface area contributed by atoms with Crippen LogP contribution in [0.25, 0.3) is 0 Å². The van der Waals surface area contributed by atoms with E-state index in [1.807, 2.05) is 27.2 Å². The van der Waals surface area contributed by atoms with Gasteiger partial charge in [0.05, 0.1) is 39.9 Å². The van der Waals surface area contributed by atoms with Crippen molar-refractivity contribution in [3.8, 4) is 0 Å². The summed E-state index contributed by atoms with van der Waals surface area (Å²) in [6, 6.07) is -0.913. The maximum atomic E-state index is 12.9. The van der Waals surface area contributed by atoms with Crippen LogP contribution in [0.5, 0.6) is 0 Å². The van der Waals surface area contributed by atoms with Gasteiger partial charge in [-0.25, -0.2) is 0 Å². The van der Waals surface area contributed by atoms with Gasteiger partial charge in [0.15, 0.2) is 0 Å². The van der Waals surface area contributed by atoms with E-state index in [0.717, 1.165) is 70.6 Å². The molecule has 0 saturated carbocycles. The molecule has 0 aliphatic carbocycles. The summed E-state index contributed by atoms with van der Waals surface area (Å²) in [5.74, 6) is -0.216. The van der Waals surface area contributed by atoms with Crippen LogP contribution in [-0.2, 0) is 18.4 Å². The van der Waals surface area contributed by atoms with Crippen molar-refractivity contribution in [2.45, 2.75) is 219 Å². The maximum absolute atomic E-state index is 12.9. The van der Waals surface area contributed by atoms with Crippen molar-refractivity contribution in [1.82, 2.24) is 5.32 Å². The van der Waals surface area contributed by atoms with Gasteiger partial charge in [0.25, 0.3) is 7.82 Å². The Labute approximate surface area is 395 Å². The molecule has 0 bridgehead atoms. The topological polar surface area (TPSA) is 108 Å². The van der Waals surface area contributed by atoms with Crippen LogP contribution in [-0.4, -0.2) is 68.5 Å². The van der Waals surface area contributed by atoms with Crippen molar-refractivity contribution < 1.29 is 32.9 Å². The molecular formula is C55H99N2O6P. The van der Waals surface area contributed by atoms with E-state index in [9.17, 15) is 19.4 Å². The summed E-state index contributed by atoms with van der Waals surface area (Å²) in [5, 5.41) is 13.8. The van der Waals surface area contributed by atoms with Crippen LogP contribution in [0.1, 0.15) is 206 Å². The van der Waals surface area contributed by atoms with Crippen molar-refractivity contribution in [3.05, 3.63) is 85.1 Å². The molecule has 0 heterocycles. The molecule has 0 spiro atoms. The van der Waals surface area contributed by atoms with E-state index in [4.69, 9.17) is 9.05 Å². The summed E-state index contributed by atoms with van der Waals surface area (Å²) in [7, 11) is 1.23. The van der Waals surface area contributed by atoms with Crippen LogP contribution < -0.4 is 10.2 Å². The molecule has 0 aromatic carbocycles. The lowest BCUT2D eigenvalue weighted by atomic mass is 10.0. The molecule has 0 aromatic heterocycles. The molecule has 64 heavy (non-hydrogen) atoms. The number of unbranched alkanes of at least 4 members (excludes halogenated alkanes) is 21. The summed E-state index contributed by atoms with van der Waals surface area (Å²) in [6.45, 7) is 4.48. The zero-order valence-electron chi connectivity index (χ0n) is 42.0. The van der Waals surface area contributed by atoms with Gasteiger partial charge in [0.2, 0.25) is 5.91 Å². The van der Waals surface area contributed by atoms with Crippen LogP contribution in [0.15, 0.2) is 85.1 Å². The fourth-order valence-corrected chi connectivity index (χ4v) is 7.72. The number of carbonyl (C=O) groups excluding carboxylic acids is 1. The first-order chi connectivity index (χ1) is 31.0. The highest BCUT2D eigenvalue weighted by molar-refractivity contribution is 7.45. The Balaban J connectivity index is 4.26. The summed E-state index contributed by atoms with van der Waals surface area (Å²) < 4.78 is 23.2. The molecule has 0 saturated heterocycles. The number of nitrogens with zero attached hydrogens (tertiary/aromatic N) is 1. The molecule has 0 aromatic rings.